The minimum Gasteiger partial charge on any atom is -0.505 e. The van der Waals surface area contributed by atoms with Gasteiger partial charge in [-0.3, -0.25) is 9.88 Å². The average molecular weight is 595 g/mol. The summed E-state index contributed by atoms with van der Waals surface area (Å²) in [7, 11) is 0. The number of fused-ring (bicyclic) bond motifs is 5. The van der Waals surface area contributed by atoms with E-state index in [1.54, 1.807) is 0 Å². The van der Waals surface area contributed by atoms with Crippen molar-refractivity contribution in [3.8, 4) is 23.0 Å². The van der Waals surface area contributed by atoms with Gasteiger partial charge in [0.1, 0.15) is 29.7 Å². The molecule has 2 aromatic carbocycles. The molecular formula is C31H30F4N6O2. The van der Waals surface area contributed by atoms with Crippen LogP contribution in [0.1, 0.15) is 32.1 Å². The van der Waals surface area contributed by atoms with Gasteiger partial charge in [0.2, 0.25) is 0 Å². The molecule has 2 N–H and O–H groups in total. The number of anilines is 1. The maximum atomic E-state index is 16.4. The Balaban J connectivity index is 1.22. The second-order valence-electron chi connectivity index (χ2n) is 12.4. The van der Waals surface area contributed by atoms with E-state index < -0.39 is 29.2 Å². The Hall–Kier alpha value is -3.77. The van der Waals surface area contributed by atoms with Gasteiger partial charge in [-0.1, -0.05) is 6.07 Å². The smallest absolute Gasteiger partial charge is 0.317 e. The van der Waals surface area contributed by atoms with Gasteiger partial charge in [0, 0.05) is 61.3 Å². The fourth-order valence-corrected chi connectivity index (χ4v) is 7.70. The number of hydrogen-bond donors (Lipinski definition) is 2. The summed E-state index contributed by atoms with van der Waals surface area (Å²) >= 11 is 0. The highest BCUT2D eigenvalue weighted by Gasteiger charge is 2.49. The molecule has 0 saturated carbocycles. The number of benzene rings is 2. The van der Waals surface area contributed by atoms with Crippen molar-refractivity contribution in [2.75, 3.05) is 37.7 Å². The molecule has 0 aliphatic carbocycles. The van der Waals surface area contributed by atoms with E-state index in [4.69, 9.17) is 4.74 Å². The van der Waals surface area contributed by atoms with E-state index in [2.05, 4.69) is 25.2 Å². The molecule has 4 saturated heterocycles. The van der Waals surface area contributed by atoms with Crippen LogP contribution in [0.15, 0.2) is 30.6 Å². The lowest BCUT2D eigenvalue weighted by molar-refractivity contribution is 0.107. The number of nitrogens with one attached hydrogen (secondary N) is 1. The Morgan fingerprint density at radius 2 is 1.81 bits per heavy atom. The van der Waals surface area contributed by atoms with Gasteiger partial charge in [0.15, 0.2) is 17.5 Å². The number of ether oxygens (including phenoxy) is 1. The van der Waals surface area contributed by atoms with Crippen molar-refractivity contribution >= 4 is 27.4 Å². The van der Waals surface area contributed by atoms with Crippen LogP contribution in [-0.2, 0) is 0 Å². The van der Waals surface area contributed by atoms with Gasteiger partial charge in [-0.25, -0.2) is 22.5 Å². The van der Waals surface area contributed by atoms with Gasteiger partial charge in [0.25, 0.3) is 0 Å². The summed E-state index contributed by atoms with van der Waals surface area (Å²) in [4.78, 5) is 16.9. The molecule has 12 heteroatoms. The molecule has 4 aromatic rings. The Bertz CT molecular complexity index is 1760. The third kappa shape index (κ3) is 4.28. The van der Waals surface area contributed by atoms with E-state index in [-0.39, 0.29) is 58.0 Å². The summed E-state index contributed by atoms with van der Waals surface area (Å²) in [6.45, 7) is 2.50. The molecule has 4 aliphatic heterocycles. The summed E-state index contributed by atoms with van der Waals surface area (Å²) in [5.74, 6) is -3.24. The Kier molecular flexibility index (Phi) is 6.16. The number of nitrogens with zero attached hydrogens (tertiary/aromatic N) is 5. The Morgan fingerprint density at radius 1 is 1.02 bits per heavy atom. The highest BCUT2D eigenvalue weighted by molar-refractivity contribution is 6.04. The minimum atomic E-state index is -1.08. The number of aromatic hydroxyl groups is 1. The summed E-state index contributed by atoms with van der Waals surface area (Å²) in [6.07, 6.45) is 5.94. The van der Waals surface area contributed by atoms with Crippen LogP contribution in [0.5, 0.6) is 11.8 Å². The van der Waals surface area contributed by atoms with Gasteiger partial charge in [-0.2, -0.15) is 4.98 Å². The largest absolute Gasteiger partial charge is 0.505 e. The maximum absolute atomic E-state index is 16.4. The lowest BCUT2D eigenvalue weighted by Gasteiger charge is -2.35. The molecular weight excluding hydrogens is 564 g/mol. The predicted octanol–water partition coefficient (Wildman–Crippen LogP) is 4.86. The molecule has 2 bridgehead atoms. The highest BCUT2D eigenvalue weighted by atomic mass is 19.2. The van der Waals surface area contributed by atoms with Crippen molar-refractivity contribution in [1.82, 2.24) is 25.2 Å². The second kappa shape index (κ2) is 9.88. The lowest BCUT2D eigenvalue weighted by Crippen LogP contribution is -2.51. The maximum Gasteiger partial charge on any atom is 0.317 e. The van der Waals surface area contributed by atoms with Crippen LogP contribution < -0.4 is 15.0 Å². The first kappa shape index (κ1) is 26.8. The van der Waals surface area contributed by atoms with Crippen molar-refractivity contribution in [2.45, 2.75) is 55.9 Å². The number of phenols is 1. The number of rotatable bonds is 5. The SMILES string of the molecule is Oc1c(N2C[C@H]3CC[C@@H](C2)N3)cc2c(F)c(F)ccc2c1-c1ncc2cnc(OC[C@@]34CCCN3C[C@H](F)C4)nc2c1F. The van der Waals surface area contributed by atoms with Crippen molar-refractivity contribution < 1.29 is 27.4 Å². The van der Waals surface area contributed by atoms with E-state index >= 15 is 8.78 Å². The summed E-state index contributed by atoms with van der Waals surface area (Å²) in [6, 6.07) is 4.06. The third-order valence-electron chi connectivity index (χ3n) is 9.73. The van der Waals surface area contributed by atoms with Crippen molar-refractivity contribution in [1.29, 1.82) is 0 Å². The van der Waals surface area contributed by atoms with Crippen LogP contribution >= 0.6 is 0 Å². The van der Waals surface area contributed by atoms with Gasteiger partial charge >= 0.3 is 6.01 Å². The number of halogens is 4. The zero-order chi connectivity index (χ0) is 29.5. The molecule has 0 unspecified atom stereocenters. The summed E-state index contributed by atoms with van der Waals surface area (Å²) < 4.78 is 66.1. The summed E-state index contributed by atoms with van der Waals surface area (Å²) in [5, 5.41) is 15.5. The molecule has 0 radical (unpaired) electrons. The zero-order valence-electron chi connectivity index (χ0n) is 23.3. The van der Waals surface area contributed by atoms with Crippen molar-refractivity contribution in [3.63, 3.8) is 0 Å². The van der Waals surface area contributed by atoms with Crippen LogP contribution in [0.25, 0.3) is 32.9 Å². The molecule has 4 fully saturated rings. The second-order valence-corrected chi connectivity index (χ2v) is 12.4. The fourth-order valence-electron chi connectivity index (χ4n) is 7.70. The van der Waals surface area contributed by atoms with Crippen LogP contribution in [0.3, 0.4) is 0 Å². The van der Waals surface area contributed by atoms with Crippen LogP contribution in [0.4, 0.5) is 23.2 Å². The van der Waals surface area contributed by atoms with E-state index in [0.717, 1.165) is 38.3 Å². The van der Waals surface area contributed by atoms with Crippen molar-refractivity contribution in [3.05, 3.63) is 48.0 Å². The standard InChI is InChI=1S/C31H30F4N6O2/c32-17-9-31(6-1-7-41(31)12-17)15-43-30-37-11-16-10-36-28(26(35)27(16)39-30)24-20-4-5-22(33)25(34)21(20)8-23(29(24)42)40-13-18-2-3-19(14-40)38-18/h4-5,8,10-11,17-19,38,42H,1-3,6-7,9,12-15H2/t17-,18-,19+,31+/m1/s1. The molecule has 2 aromatic heterocycles. The Labute approximate surface area is 244 Å². The van der Waals surface area contributed by atoms with E-state index in [0.29, 0.717) is 37.1 Å². The molecule has 0 amide bonds. The van der Waals surface area contributed by atoms with Gasteiger partial charge in [0.05, 0.1) is 16.8 Å². The normalized spacial score (nSPS) is 27.0. The summed E-state index contributed by atoms with van der Waals surface area (Å²) in [5.41, 5.74) is -0.513. The first-order valence-electron chi connectivity index (χ1n) is 14.8. The fraction of sp³-hybridized carbons (Fsp3) is 0.452. The number of aromatic nitrogens is 3. The number of phenolic OH excluding ortho intramolecular Hbond substituents is 1. The zero-order valence-corrected chi connectivity index (χ0v) is 23.3. The Morgan fingerprint density at radius 3 is 2.63 bits per heavy atom. The molecule has 8 nitrogen and oxygen atoms in total. The number of piperazine rings is 1. The van der Waals surface area contributed by atoms with Gasteiger partial charge in [-0.05, 0) is 49.7 Å². The monoisotopic (exact) mass is 594 g/mol. The van der Waals surface area contributed by atoms with E-state index in [9.17, 15) is 13.9 Å². The number of pyridine rings is 1. The molecule has 6 heterocycles. The number of hydrogen-bond acceptors (Lipinski definition) is 8. The highest BCUT2D eigenvalue weighted by Crippen LogP contribution is 2.46. The molecule has 0 spiro atoms. The topological polar surface area (TPSA) is 86.6 Å². The van der Waals surface area contributed by atoms with Gasteiger partial charge < -0.3 is 20.1 Å². The average Bonchev–Trinajstić information content (AvgIpc) is 3.64. The van der Waals surface area contributed by atoms with Gasteiger partial charge in [-0.15, -0.1) is 0 Å². The van der Waals surface area contributed by atoms with Crippen LogP contribution in [0.2, 0.25) is 0 Å². The first-order valence-corrected chi connectivity index (χ1v) is 14.8. The quantitative estimate of drug-likeness (QED) is 0.317. The molecule has 4 aliphatic rings. The molecule has 8 rings (SSSR count). The van der Waals surface area contributed by atoms with Crippen LogP contribution in [0, 0.1) is 17.5 Å². The van der Waals surface area contributed by atoms with E-state index in [1.807, 2.05) is 4.90 Å². The third-order valence-corrected chi connectivity index (χ3v) is 9.73. The molecule has 43 heavy (non-hydrogen) atoms. The minimum absolute atomic E-state index is 0.0433. The van der Waals surface area contributed by atoms with E-state index in [1.165, 1.54) is 24.5 Å². The predicted molar refractivity (Wildman–Crippen MR) is 153 cm³/mol. The molecule has 4 atom stereocenters. The number of alkyl halides is 1. The van der Waals surface area contributed by atoms with Crippen molar-refractivity contribution in [2.24, 2.45) is 0 Å². The molecule has 224 valence electrons. The first-order chi connectivity index (χ1) is 20.8. The lowest BCUT2D eigenvalue weighted by atomic mass is 9.95. The van der Waals surface area contributed by atoms with Crippen LogP contribution in [-0.4, -0.2) is 81.5 Å².